The first-order chi connectivity index (χ1) is 7.20. The van der Waals surface area contributed by atoms with Gasteiger partial charge in [-0.3, -0.25) is 0 Å². The van der Waals surface area contributed by atoms with Gasteiger partial charge in [0.25, 0.3) is 4.80 Å². The first-order valence-electron chi connectivity index (χ1n) is 4.93. The average Bonchev–Trinajstić information content (AvgIpc) is 2.58. The molecule has 0 spiro atoms. The number of rotatable bonds is 2. The quantitative estimate of drug-likeness (QED) is 0.821. The van der Waals surface area contributed by atoms with Crippen LogP contribution in [-0.4, -0.2) is 4.98 Å². The molecular formula is C12H12BrNO. The van der Waals surface area contributed by atoms with Crippen molar-refractivity contribution in [3.63, 3.8) is 0 Å². The van der Waals surface area contributed by atoms with Crippen molar-refractivity contribution in [3.05, 3.63) is 40.4 Å². The highest BCUT2D eigenvalue weighted by molar-refractivity contribution is 9.10. The minimum Gasteiger partial charge on any atom is -0.436 e. The number of benzene rings is 1. The third-order valence-electron chi connectivity index (χ3n) is 2.41. The summed E-state index contributed by atoms with van der Waals surface area (Å²) >= 11 is 3.23. The van der Waals surface area contributed by atoms with Gasteiger partial charge < -0.3 is 4.42 Å². The summed E-state index contributed by atoms with van der Waals surface area (Å²) in [7, 11) is 0. The Hall–Kier alpha value is -1.09. The number of nitrogens with zero attached hydrogens (tertiary/aromatic N) is 1. The lowest BCUT2D eigenvalue weighted by molar-refractivity contribution is 0.501. The minimum atomic E-state index is 0.537. The monoisotopic (exact) mass is 265 g/mol. The van der Waals surface area contributed by atoms with E-state index in [0.29, 0.717) is 4.80 Å². The van der Waals surface area contributed by atoms with Crippen molar-refractivity contribution in [2.24, 2.45) is 0 Å². The van der Waals surface area contributed by atoms with E-state index in [1.807, 2.05) is 6.92 Å². The van der Waals surface area contributed by atoms with Crippen LogP contribution in [0.2, 0.25) is 0 Å². The SMILES string of the molecule is CCc1ccc(-c2nc(Br)oc2C)cc1. The summed E-state index contributed by atoms with van der Waals surface area (Å²) in [6, 6.07) is 8.40. The number of aryl methyl sites for hydroxylation is 2. The second-order valence-electron chi connectivity index (χ2n) is 3.42. The van der Waals surface area contributed by atoms with E-state index in [0.717, 1.165) is 23.4 Å². The third kappa shape index (κ3) is 2.12. The molecule has 0 saturated heterocycles. The fourth-order valence-corrected chi connectivity index (χ4v) is 1.95. The van der Waals surface area contributed by atoms with Gasteiger partial charge in [-0.05, 0) is 18.9 Å². The molecule has 2 aromatic rings. The van der Waals surface area contributed by atoms with Crippen LogP contribution >= 0.6 is 15.9 Å². The highest BCUT2D eigenvalue weighted by Crippen LogP contribution is 2.25. The number of oxazole rings is 1. The predicted octanol–water partition coefficient (Wildman–Crippen LogP) is 3.97. The minimum absolute atomic E-state index is 0.537. The molecule has 0 atom stereocenters. The first kappa shape index (κ1) is 10.4. The Morgan fingerprint density at radius 1 is 1.27 bits per heavy atom. The lowest BCUT2D eigenvalue weighted by Crippen LogP contribution is -1.83. The number of hydrogen-bond donors (Lipinski definition) is 0. The predicted molar refractivity (Wildman–Crippen MR) is 63.8 cm³/mol. The van der Waals surface area contributed by atoms with Crippen LogP contribution < -0.4 is 0 Å². The zero-order valence-electron chi connectivity index (χ0n) is 8.75. The van der Waals surface area contributed by atoms with Crippen molar-refractivity contribution in [2.45, 2.75) is 20.3 Å². The van der Waals surface area contributed by atoms with Crippen molar-refractivity contribution in [3.8, 4) is 11.3 Å². The van der Waals surface area contributed by atoms with E-state index in [4.69, 9.17) is 4.42 Å². The maximum atomic E-state index is 5.33. The van der Waals surface area contributed by atoms with Gasteiger partial charge in [0.2, 0.25) is 0 Å². The van der Waals surface area contributed by atoms with Gasteiger partial charge in [-0.2, -0.15) is 0 Å². The zero-order valence-corrected chi connectivity index (χ0v) is 10.3. The molecule has 15 heavy (non-hydrogen) atoms. The van der Waals surface area contributed by atoms with E-state index < -0.39 is 0 Å². The van der Waals surface area contributed by atoms with Gasteiger partial charge in [0.05, 0.1) is 0 Å². The molecule has 1 aromatic carbocycles. The lowest BCUT2D eigenvalue weighted by Gasteiger charge is -1.99. The lowest BCUT2D eigenvalue weighted by atomic mass is 10.1. The summed E-state index contributed by atoms with van der Waals surface area (Å²) in [4.78, 5) is 4.82. The van der Waals surface area contributed by atoms with Crippen molar-refractivity contribution >= 4 is 15.9 Å². The van der Waals surface area contributed by atoms with Crippen LogP contribution in [0.25, 0.3) is 11.3 Å². The van der Waals surface area contributed by atoms with Crippen LogP contribution in [-0.2, 0) is 6.42 Å². The van der Waals surface area contributed by atoms with Gasteiger partial charge in [-0.15, -0.1) is 0 Å². The van der Waals surface area contributed by atoms with E-state index in [-0.39, 0.29) is 0 Å². The van der Waals surface area contributed by atoms with Crippen LogP contribution in [0.4, 0.5) is 0 Å². The van der Waals surface area contributed by atoms with E-state index in [1.54, 1.807) is 0 Å². The molecule has 3 heteroatoms. The number of aromatic nitrogens is 1. The Morgan fingerprint density at radius 2 is 1.93 bits per heavy atom. The molecule has 2 rings (SSSR count). The largest absolute Gasteiger partial charge is 0.436 e. The van der Waals surface area contributed by atoms with Crippen molar-refractivity contribution in [1.82, 2.24) is 4.98 Å². The molecule has 0 amide bonds. The summed E-state index contributed by atoms with van der Waals surface area (Å²) in [5.41, 5.74) is 3.34. The Bertz CT molecular complexity index is 459. The van der Waals surface area contributed by atoms with Crippen LogP contribution in [0.1, 0.15) is 18.2 Å². The third-order valence-corrected chi connectivity index (χ3v) is 2.75. The van der Waals surface area contributed by atoms with Gasteiger partial charge in [0.1, 0.15) is 11.5 Å². The van der Waals surface area contributed by atoms with E-state index in [1.165, 1.54) is 5.56 Å². The first-order valence-corrected chi connectivity index (χ1v) is 5.72. The van der Waals surface area contributed by atoms with E-state index in [9.17, 15) is 0 Å². The molecule has 0 bridgehead atoms. The molecule has 78 valence electrons. The Morgan fingerprint density at radius 3 is 2.40 bits per heavy atom. The molecule has 1 aromatic heterocycles. The maximum Gasteiger partial charge on any atom is 0.264 e. The molecule has 0 aliphatic rings. The van der Waals surface area contributed by atoms with Crippen molar-refractivity contribution in [2.75, 3.05) is 0 Å². The summed E-state index contributed by atoms with van der Waals surface area (Å²) in [6.45, 7) is 4.06. The molecule has 0 fully saturated rings. The fraction of sp³-hybridized carbons (Fsp3) is 0.250. The molecular weight excluding hydrogens is 254 g/mol. The van der Waals surface area contributed by atoms with Gasteiger partial charge in [-0.25, -0.2) is 4.98 Å². The van der Waals surface area contributed by atoms with Crippen LogP contribution in [0, 0.1) is 6.92 Å². The Labute approximate surface area is 97.5 Å². The Balaban J connectivity index is 2.41. The number of halogens is 1. The molecule has 0 N–H and O–H groups in total. The van der Waals surface area contributed by atoms with Crippen LogP contribution in [0.5, 0.6) is 0 Å². The summed E-state index contributed by atoms with van der Waals surface area (Å²) in [6.07, 6.45) is 1.06. The van der Waals surface area contributed by atoms with Crippen molar-refractivity contribution in [1.29, 1.82) is 0 Å². The van der Waals surface area contributed by atoms with Gasteiger partial charge in [-0.1, -0.05) is 31.2 Å². The van der Waals surface area contributed by atoms with E-state index >= 15 is 0 Å². The van der Waals surface area contributed by atoms with Crippen LogP contribution in [0.3, 0.4) is 0 Å². The molecule has 0 saturated carbocycles. The summed E-state index contributed by atoms with van der Waals surface area (Å²) in [5, 5.41) is 0. The fourth-order valence-electron chi connectivity index (χ4n) is 1.53. The van der Waals surface area contributed by atoms with Gasteiger partial charge in [0, 0.05) is 21.5 Å². The molecule has 0 aliphatic heterocycles. The Kier molecular flexibility index (Phi) is 2.91. The normalized spacial score (nSPS) is 10.6. The van der Waals surface area contributed by atoms with Gasteiger partial charge >= 0.3 is 0 Å². The molecule has 0 aliphatic carbocycles. The number of hydrogen-bond acceptors (Lipinski definition) is 2. The van der Waals surface area contributed by atoms with Crippen molar-refractivity contribution < 1.29 is 4.42 Å². The van der Waals surface area contributed by atoms with E-state index in [2.05, 4.69) is 52.1 Å². The topological polar surface area (TPSA) is 26.0 Å². The highest BCUT2D eigenvalue weighted by Gasteiger charge is 2.09. The van der Waals surface area contributed by atoms with Crippen LogP contribution in [0.15, 0.2) is 33.5 Å². The average molecular weight is 266 g/mol. The molecule has 0 radical (unpaired) electrons. The zero-order chi connectivity index (χ0) is 10.8. The standard InChI is InChI=1S/C12H12BrNO/c1-3-9-4-6-10(7-5-9)11-8(2)15-12(13)14-11/h4-7H,3H2,1-2H3. The highest BCUT2D eigenvalue weighted by atomic mass is 79.9. The summed E-state index contributed by atoms with van der Waals surface area (Å²) in [5.74, 6) is 0.839. The second-order valence-corrected chi connectivity index (χ2v) is 4.10. The maximum absolute atomic E-state index is 5.33. The van der Waals surface area contributed by atoms with Gasteiger partial charge in [0.15, 0.2) is 0 Å². The summed E-state index contributed by atoms with van der Waals surface area (Å²) < 4.78 is 5.33. The smallest absolute Gasteiger partial charge is 0.264 e. The molecule has 0 unspecified atom stereocenters. The molecule has 1 heterocycles. The second kappa shape index (κ2) is 4.19. The molecule has 2 nitrogen and oxygen atoms in total.